The van der Waals surface area contributed by atoms with E-state index in [0.29, 0.717) is 19.3 Å². The van der Waals surface area contributed by atoms with Crippen LogP contribution in [0.4, 0.5) is 0 Å². The Kier molecular flexibility index (Phi) is 20.0. The number of methoxy groups -OCH3 is 2. The molecule has 3 rings (SSSR count). The quantitative estimate of drug-likeness (QED) is 0.127. The zero-order valence-electron chi connectivity index (χ0n) is 38.7. The fourth-order valence-corrected chi connectivity index (χ4v) is 10.5. The maximum Gasteiger partial charge on any atom is 0.237 e. The molecular formula is C45H75N5O10S. The molecule has 2 aliphatic rings. The summed E-state index contributed by atoms with van der Waals surface area (Å²) < 4.78 is 39.8. The Hall–Kier alpha value is -3.28. The van der Waals surface area contributed by atoms with Crippen LogP contribution in [0.25, 0.3) is 0 Å². The van der Waals surface area contributed by atoms with Crippen LogP contribution < -0.4 is 10.6 Å². The number of hydrogen-bond donors (Lipinski definition) is 2. The number of amides is 3. The van der Waals surface area contributed by atoms with Crippen molar-refractivity contribution >= 4 is 39.3 Å². The summed E-state index contributed by atoms with van der Waals surface area (Å²) in [4.78, 5) is 80.6. The average molecular weight is 878 g/mol. The molecule has 61 heavy (non-hydrogen) atoms. The monoisotopic (exact) mass is 878 g/mol. The predicted molar refractivity (Wildman–Crippen MR) is 234 cm³/mol. The lowest BCUT2D eigenvalue weighted by Crippen LogP contribution is -2.54. The zero-order chi connectivity index (χ0) is 45.9. The minimum absolute atomic E-state index is 0.00710. The largest absolute Gasteiger partial charge is 0.379 e. The van der Waals surface area contributed by atoms with Crippen LogP contribution in [0.3, 0.4) is 0 Å². The standard InChI is InChI=1S/C45H75N5O10S/c1-13-29(6)42(49(10)45(55)35(27(2)3)24-38(52)41(28(4)5)48(8)9)39(58-11)25-40(53)50-26-33(60-46)23-36(50)43(59-12)30(7)37(51)22-32(21-31-17-15-14-16-18-31)44(54)47-61(56,57)34-19-20-34/h14-18,27-30,32-36,39,41-43H,13,19-26,46H2,1-12H3,(H,47,54)/t29-,30-,32+,33+,35-,36-,39+,41-,42-,43+/m0/s1. The molecule has 0 spiro atoms. The number of ether oxygens (including phenoxy) is 2. The molecule has 1 aromatic carbocycles. The fourth-order valence-electron chi connectivity index (χ4n) is 9.15. The van der Waals surface area contributed by atoms with Gasteiger partial charge in [-0.3, -0.25) is 38.4 Å². The number of likely N-dealkylation sites (N-methyl/N-ethyl adjacent to an activating group) is 2. The van der Waals surface area contributed by atoms with Crippen molar-refractivity contribution in [3.05, 3.63) is 35.9 Å². The summed E-state index contributed by atoms with van der Waals surface area (Å²) in [5.74, 6) is 1.65. The predicted octanol–water partition coefficient (Wildman–Crippen LogP) is 4.02. The zero-order valence-corrected chi connectivity index (χ0v) is 39.5. The van der Waals surface area contributed by atoms with Gasteiger partial charge in [-0.2, -0.15) is 0 Å². The van der Waals surface area contributed by atoms with Crippen LogP contribution in [0.15, 0.2) is 30.3 Å². The highest BCUT2D eigenvalue weighted by molar-refractivity contribution is 7.90. The van der Waals surface area contributed by atoms with Crippen LogP contribution in [0.5, 0.6) is 0 Å². The Bertz CT molecular complexity index is 1710. The second-order valence-electron chi connectivity index (χ2n) is 18.3. The number of nitrogens with one attached hydrogen (secondary N) is 1. The van der Waals surface area contributed by atoms with E-state index < -0.39 is 69.3 Å². The van der Waals surface area contributed by atoms with Gasteiger partial charge in [-0.05, 0) is 56.7 Å². The molecule has 15 nitrogen and oxygen atoms in total. The Morgan fingerprint density at radius 1 is 0.885 bits per heavy atom. The third-order valence-electron chi connectivity index (χ3n) is 13.0. The van der Waals surface area contributed by atoms with E-state index in [4.69, 9.17) is 20.2 Å². The van der Waals surface area contributed by atoms with Crippen LogP contribution in [-0.2, 0) is 54.7 Å². The van der Waals surface area contributed by atoms with Crippen molar-refractivity contribution in [3.63, 3.8) is 0 Å². The number of carbonyl (C=O) groups excluding carboxylic acids is 5. The maximum atomic E-state index is 14.5. The van der Waals surface area contributed by atoms with Crippen molar-refractivity contribution in [2.45, 2.75) is 142 Å². The Labute approximate surface area is 365 Å². The molecule has 3 amide bonds. The van der Waals surface area contributed by atoms with E-state index in [1.54, 1.807) is 23.8 Å². The number of rotatable bonds is 26. The summed E-state index contributed by atoms with van der Waals surface area (Å²) in [5.41, 5.74) is 0.777. The molecule has 0 bridgehead atoms. The van der Waals surface area contributed by atoms with E-state index in [0.717, 1.165) is 5.56 Å². The van der Waals surface area contributed by atoms with Gasteiger partial charge in [0.25, 0.3) is 0 Å². The second kappa shape index (κ2) is 23.4. The first kappa shape index (κ1) is 52.1. The second-order valence-corrected chi connectivity index (χ2v) is 20.3. The Morgan fingerprint density at radius 2 is 1.51 bits per heavy atom. The highest BCUT2D eigenvalue weighted by Crippen LogP contribution is 2.33. The summed E-state index contributed by atoms with van der Waals surface area (Å²) >= 11 is 0. The number of nitrogens with zero attached hydrogens (tertiary/aromatic N) is 3. The van der Waals surface area contributed by atoms with Crippen LogP contribution >= 0.6 is 0 Å². The third kappa shape index (κ3) is 13.9. The first-order valence-electron chi connectivity index (χ1n) is 21.9. The number of ketones is 2. The lowest BCUT2D eigenvalue weighted by molar-refractivity contribution is -0.149. The van der Waals surface area contributed by atoms with Gasteiger partial charge in [0.15, 0.2) is 5.78 Å². The van der Waals surface area contributed by atoms with Crippen molar-refractivity contribution < 1.29 is 46.7 Å². The van der Waals surface area contributed by atoms with E-state index in [1.165, 1.54) is 14.2 Å². The van der Waals surface area contributed by atoms with Gasteiger partial charge in [0, 0.05) is 64.8 Å². The molecular weight excluding hydrogens is 803 g/mol. The highest BCUT2D eigenvalue weighted by Gasteiger charge is 2.46. The molecule has 2 fully saturated rings. The lowest BCUT2D eigenvalue weighted by atomic mass is 9.83. The minimum Gasteiger partial charge on any atom is -0.379 e. The van der Waals surface area contributed by atoms with E-state index in [1.807, 2.05) is 90.9 Å². The van der Waals surface area contributed by atoms with E-state index in [2.05, 4.69) is 4.72 Å². The number of hydrogen-bond acceptors (Lipinski definition) is 12. The summed E-state index contributed by atoms with van der Waals surface area (Å²) in [6, 6.07) is 7.60. The molecule has 16 heteroatoms. The number of carbonyl (C=O) groups is 5. The number of benzene rings is 1. The normalized spacial score (nSPS) is 21.1. The van der Waals surface area contributed by atoms with Gasteiger partial charge in [0.05, 0.1) is 48.1 Å². The molecule has 1 saturated carbocycles. The molecule has 1 heterocycles. The van der Waals surface area contributed by atoms with Crippen LogP contribution in [0, 0.1) is 35.5 Å². The number of nitrogens with two attached hydrogens (primary N) is 1. The molecule has 1 saturated heterocycles. The van der Waals surface area contributed by atoms with Crippen LogP contribution in [0.1, 0.15) is 99.0 Å². The summed E-state index contributed by atoms with van der Waals surface area (Å²) in [5, 5.41) is -0.609. The highest BCUT2D eigenvalue weighted by atomic mass is 32.2. The molecule has 346 valence electrons. The smallest absolute Gasteiger partial charge is 0.237 e. The molecule has 10 atom stereocenters. The minimum atomic E-state index is -3.85. The van der Waals surface area contributed by atoms with Gasteiger partial charge in [0.1, 0.15) is 5.78 Å². The van der Waals surface area contributed by atoms with E-state index in [9.17, 15) is 32.4 Å². The Morgan fingerprint density at radius 3 is 2.00 bits per heavy atom. The number of Topliss-reactive ketones (excluding diaryl/α,β-unsaturated/α-hetero) is 2. The summed E-state index contributed by atoms with van der Waals surface area (Å²) in [7, 11) is 4.59. The maximum absolute atomic E-state index is 14.5. The lowest BCUT2D eigenvalue weighted by Gasteiger charge is -2.41. The molecule has 1 aromatic rings. The SMILES string of the molecule is CC[C@H](C)[C@@H]([C@@H](CC(=O)N1C[C@H](ON)C[C@H]1[C@H](OC)[C@@H](C)C(=O)C[C@@H](Cc1ccccc1)C(=O)NS(=O)(=O)C1CC1)OC)N(C)C(=O)[C@@H](CC(=O)[C@H](C(C)C)N(C)C)C(C)C. The van der Waals surface area contributed by atoms with Crippen molar-refractivity contribution in [3.8, 4) is 0 Å². The first-order chi connectivity index (χ1) is 28.6. The molecule has 0 aromatic heterocycles. The fraction of sp³-hybridized carbons (Fsp3) is 0.756. The van der Waals surface area contributed by atoms with Gasteiger partial charge in [-0.15, -0.1) is 0 Å². The molecule has 0 unspecified atom stereocenters. The third-order valence-corrected chi connectivity index (χ3v) is 14.8. The molecule has 1 aliphatic heterocycles. The van der Waals surface area contributed by atoms with E-state index >= 15 is 0 Å². The van der Waals surface area contributed by atoms with Crippen molar-refractivity contribution in [1.82, 2.24) is 19.4 Å². The number of sulfonamides is 1. The van der Waals surface area contributed by atoms with E-state index in [-0.39, 0.29) is 85.8 Å². The van der Waals surface area contributed by atoms with Gasteiger partial charge in [-0.1, -0.05) is 85.2 Å². The Balaban J connectivity index is 1.86. The van der Waals surface area contributed by atoms with Gasteiger partial charge in [0.2, 0.25) is 27.7 Å². The molecule has 1 aliphatic carbocycles. The first-order valence-corrected chi connectivity index (χ1v) is 23.5. The van der Waals surface area contributed by atoms with Crippen molar-refractivity contribution in [2.24, 2.45) is 41.4 Å². The van der Waals surface area contributed by atoms with Crippen LogP contribution in [0.2, 0.25) is 0 Å². The van der Waals surface area contributed by atoms with Gasteiger partial charge < -0.3 is 19.3 Å². The molecule has 3 N–H and O–H groups in total. The number of likely N-dealkylation sites (tertiary alicyclic amines) is 1. The summed E-state index contributed by atoms with van der Waals surface area (Å²) in [6.07, 6.45) is -0.312. The van der Waals surface area contributed by atoms with Gasteiger partial charge in [-0.25, -0.2) is 14.3 Å². The average Bonchev–Trinajstić information content (AvgIpc) is 3.99. The summed E-state index contributed by atoms with van der Waals surface area (Å²) in [6.45, 7) is 13.7. The van der Waals surface area contributed by atoms with Crippen molar-refractivity contribution in [1.29, 1.82) is 0 Å². The molecule has 0 radical (unpaired) electrons. The topological polar surface area (TPSA) is 195 Å². The van der Waals surface area contributed by atoms with Gasteiger partial charge >= 0.3 is 0 Å². The van der Waals surface area contributed by atoms with Crippen molar-refractivity contribution in [2.75, 3.05) is 41.9 Å². The van der Waals surface area contributed by atoms with Crippen LogP contribution in [-0.4, -0.2) is 136 Å².